The summed E-state index contributed by atoms with van der Waals surface area (Å²) in [6.45, 7) is 2.19. The molecule has 0 saturated heterocycles. The lowest BCUT2D eigenvalue weighted by atomic mass is 10.1. The molecule has 3 aromatic rings. The molecule has 0 unspecified atom stereocenters. The number of methoxy groups -OCH3 is 1. The van der Waals surface area contributed by atoms with Crippen LogP contribution in [0.4, 0.5) is 0 Å². The van der Waals surface area contributed by atoms with E-state index >= 15 is 0 Å². The molecule has 4 rings (SSSR count). The third-order valence-electron chi connectivity index (χ3n) is 5.07. The van der Waals surface area contributed by atoms with Gasteiger partial charge in [-0.3, -0.25) is 14.7 Å². The first-order valence-electron chi connectivity index (χ1n) is 9.83. The molecule has 0 atom stereocenters. The Bertz CT molecular complexity index is 1070. The van der Waals surface area contributed by atoms with Gasteiger partial charge in [-0.25, -0.2) is 4.98 Å². The summed E-state index contributed by atoms with van der Waals surface area (Å²) in [5.74, 6) is 1.78. The van der Waals surface area contributed by atoms with E-state index in [1.54, 1.807) is 19.5 Å². The van der Waals surface area contributed by atoms with Gasteiger partial charge in [0.1, 0.15) is 12.4 Å². The number of aromatic nitrogens is 3. The monoisotopic (exact) mass is 408 g/mol. The Morgan fingerprint density at radius 2 is 2.17 bits per heavy atom. The average molecular weight is 408 g/mol. The van der Waals surface area contributed by atoms with Crippen molar-refractivity contribution in [3.63, 3.8) is 0 Å². The van der Waals surface area contributed by atoms with Gasteiger partial charge in [0.05, 0.1) is 25.0 Å². The summed E-state index contributed by atoms with van der Waals surface area (Å²) in [4.78, 5) is 26.6. The van der Waals surface area contributed by atoms with Crippen LogP contribution in [0, 0.1) is 0 Å². The van der Waals surface area contributed by atoms with Crippen molar-refractivity contribution in [3.8, 4) is 22.9 Å². The summed E-state index contributed by atoms with van der Waals surface area (Å²) in [5.41, 5.74) is 3.32. The van der Waals surface area contributed by atoms with Gasteiger partial charge in [0.15, 0.2) is 11.5 Å². The first kappa shape index (κ1) is 20.1. The predicted molar refractivity (Wildman–Crippen MR) is 111 cm³/mol. The van der Waals surface area contributed by atoms with E-state index in [-0.39, 0.29) is 18.8 Å². The van der Waals surface area contributed by atoms with E-state index in [2.05, 4.69) is 19.9 Å². The number of aliphatic hydroxyl groups is 1. The SMILES string of the molecule is COc1cc(CN2CCc3nc(-c4cccnc4)[nH]c(=O)c3C2)ccc1OCCO. The molecule has 0 amide bonds. The lowest BCUT2D eigenvalue weighted by Gasteiger charge is -2.28. The highest BCUT2D eigenvalue weighted by molar-refractivity contribution is 5.53. The Labute approximate surface area is 174 Å². The molecule has 30 heavy (non-hydrogen) atoms. The summed E-state index contributed by atoms with van der Waals surface area (Å²) in [7, 11) is 1.59. The van der Waals surface area contributed by atoms with Crippen molar-refractivity contribution in [2.75, 3.05) is 26.9 Å². The molecule has 0 saturated carbocycles. The minimum atomic E-state index is -0.103. The van der Waals surface area contributed by atoms with Crippen LogP contribution in [0.2, 0.25) is 0 Å². The number of aromatic amines is 1. The Hall–Kier alpha value is -3.23. The van der Waals surface area contributed by atoms with Crippen LogP contribution in [0.3, 0.4) is 0 Å². The standard InChI is InChI=1S/C22H24N4O4/c1-29-20-11-15(4-5-19(20)30-10-9-27)13-26-8-6-18-17(14-26)22(28)25-21(24-18)16-3-2-7-23-12-16/h2-5,7,11-12,27H,6,8-10,13-14H2,1H3,(H,24,25,28). The van der Waals surface area contributed by atoms with Gasteiger partial charge in [-0.15, -0.1) is 0 Å². The van der Waals surface area contributed by atoms with Gasteiger partial charge in [0.2, 0.25) is 0 Å². The van der Waals surface area contributed by atoms with Gasteiger partial charge in [0, 0.05) is 44.0 Å². The molecule has 156 valence electrons. The highest BCUT2D eigenvalue weighted by Gasteiger charge is 2.22. The number of rotatable bonds is 7. The second kappa shape index (κ2) is 9.06. The topological polar surface area (TPSA) is 101 Å². The molecule has 0 radical (unpaired) electrons. The Balaban J connectivity index is 1.50. The zero-order valence-corrected chi connectivity index (χ0v) is 16.8. The number of fused-ring (bicyclic) bond motifs is 1. The van der Waals surface area contributed by atoms with Crippen LogP contribution in [-0.2, 0) is 19.5 Å². The van der Waals surface area contributed by atoms with Gasteiger partial charge in [-0.05, 0) is 29.8 Å². The van der Waals surface area contributed by atoms with Gasteiger partial charge in [0.25, 0.3) is 5.56 Å². The van der Waals surface area contributed by atoms with E-state index in [1.807, 2.05) is 30.3 Å². The average Bonchev–Trinajstić information content (AvgIpc) is 2.79. The summed E-state index contributed by atoms with van der Waals surface area (Å²) in [6, 6.07) is 9.45. The van der Waals surface area contributed by atoms with E-state index in [0.717, 1.165) is 23.4 Å². The second-order valence-electron chi connectivity index (χ2n) is 7.10. The smallest absolute Gasteiger partial charge is 0.255 e. The van der Waals surface area contributed by atoms with Gasteiger partial charge in [-0.2, -0.15) is 0 Å². The fourth-order valence-corrected chi connectivity index (χ4v) is 3.60. The Morgan fingerprint density at radius 1 is 1.27 bits per heavy atom. The van der Waals surface area contributed by atoms with E-state index in [4.69, 9.17) is 14.6 Å². The summed E-state index contributed by atoms with van der Waals surface area (Å²) >= 11 is 0. The Kier molecular flexibility index (Phi) is 6.06. The zero-order chi connectivity index (χ0) is 20.9. The first-order valence-corrected chi connectivity index (χ1v) is 9.83. The number of benzene rings is 1. The number of H-pyrrole nitrogens is 1. The summed E-state index contributed by atoms with van der Waals surface area (Å²) in [5, 5.41) is 8.94. The number of aliphatic hydroxyl groups excluding tert-OH is 1. The predicted octanol–water partition coefficient (Wildman–Crippen LogP) is 1.77. The lowest BCUT2D eigenvalue weighted by molar-refractivity contribution is 0.196. The molecule has 1 aromatic carbocycles. The van der Waals surface area contributed by atoms with Crippen molar-refractivity contribution in [2.24, 2.45) is 0 Å². The van der Waals surface area contributed by atoms with Crippen LogP contribution < -0.4 is 15.0 Å². The Morgan fingerprint density at radius 3 is 2.93 bits per heavy atom. The molecule has 0 spiro atoms. The summed E-state index contributed by atoms with van der Waals surface area (Å²) < 4.78 is 10.9. The maximum absolute atomic E-state index is 12.7. The third-order valence-corrected chi connectivity index (χ3v) is 5.07. The number of hydrogen-bond donors (Lipinski definition) is 2. The molecule has 1 aliphatic rings. The van der Waals surface area contributed by atoms with Crippen LogP contribution in [0.5, 0.6) is 11.5 Å². The molecule has 0 aliphatic carbocycles. The molecular weight excluding hydrogens is 384 g/mol. The maximum atomic E-state index is 12.7. The normalized spacial score (nSPS) is 13.7. The van der Waals surface area contributed by atoms with Crippen molar-refractivity contribution in [3.05, 3.63) is 69.9 Å². The molecule has 3 heterocycles. The van der Waals surface area contributed by atoms with Crippen molar-refractivity contribution >= 4 is 0 Å². The van der Waals surface area contributed by atoms with Gasteiger partial charge in [-0.1, -0.05) is 6.07 Å². The van der Waals surface area contributed by atoms with Crippen LogP contribution in [0.25, 0.3) is 11.4 Å². The van der Waals surface area contributed by atoms with Crippen molar-refractivity contribution in [1.82, 2.24) is 19.9 Å². The molecule has 8 nitrogen and oxygen atoms in total. The molecule has 1 aliphatic heterocycles. The zero-order valence-electron chi connectivity index (χ0n) is 16.8. The number of ether oxygens (including phenoxy) is 2. The second-order valence-corrected chi connectivity index (χ2v) is 7.10. The quantitative estimate of drug-likeness (QED) is 0.614. The van der Waals surface area contributed by atoms with E-state index in [0.29, 0.717) is 42.4 Å². The number of nitrogens with zero attached hydrogens (tertiary/aromatic N) is 3. The van der Waals surface area contributed by atoms with E-state index < -0.39 is 0 Å². The van der Waals surface area contributed by atoms with E-state index in [9.17, 15) is 4.79 Å². The minimum Gasteiger partial charge on any atom is -0.493 e. The maximum Gasteiger partial charge on any atom is 0.255 e. The molecule has 2 aromatic heterocycles. The third kappa shape index (κ3) is 4.34. The fraction of sp³-hybridized carbons (Fsp3) is 0.318. The highest BCUT2D eigenvalue weighted by Crippen LogP contribution is 2.29. The highest BCUT2D eigenvalue weighted by atomic mass is 16.5. The number of nitrogens with one attached hydrogen (secondary N) is 1. The fourth-order valence-electron chi connectivity index (χ4n) is 3.60. The van der Waals surface area contributed by atoms with Gasteiger partial charge >= 0.3 is 0 Å². The largest absolute Gasteiger partial charge is 0.493 e. The van der Waals surface area contributed by atoms with Crippen molar-refractivity contribution < 1.29 is 14.6 Å². The lowest BCUT2D eigenvalue weighted by Crippen LogP contribution is -2.35. The molecule has 0 bridgehead atoms. The van der Waals surface area contributed by atoms with Crippen LogP contribution in [-0.4, -0.2) is 51.8 Å². The number of pyridine rings is 1. The molecule has 8 heteroatoms. The van der Waals surface area contributed by atoms with Gasteiger partial charge < -0.3 is 19.6 Å². The molecular formula is C22H24N4O4. The minimum absolute atomic E-state index is 0.0524. The first-order chi connectivity index (χ1) is 14.7. The molecule has 0 fully saturated rings. The van der Waals surface area contributed by atoms with Crippen molar-refractivity contribution in [2.45, 2.75) is 19.5 Å². The van der Waals surface area contributed by atoms with Crippen molar-refractivity contribution in [1.29, 1.82) is 0 Å². The molecule has 2 N–H and O–H groups in total. The van der Waals surface area contributed by atoms with E-state index in [1.165, 1.54) is 0 Å². The number of hydrogen-bond acceptors (Lipinski definition) is 7. The van der Waals surface area contributed by atoms with Crippen LogP contribution in [0.1, 0.15) is 16.8 Å². The summed E-state index contributed by atoms with van der Waals surface area (Å²) in [6.07, 6.45) is 4.10. The van der Waals surface area contributed by atoms with Crippen LogP contribution >= 0.6 is 0 Å². The van der Waals surface area contributed by atoms with Crippen LogP contribution in [0.15, 0.2) is 47.5 Å².